The van der Waals surface area contributed by atoms with E-state index < -0.39 is 0 Å². The number of rotatable bonds is 8. The van der Waals surface area contributed by atoms with E-state index in [1.807, 2.05) is 12.3 Å². The monoisotopic (exact) mass is 338 g/mol. The molecule has 6 nitrogen and oxygen atoms in total. The molecule has 1 aliphatic rings. The number of nitrogens with zero attached hydrogens (tertiary/aromatic N) is 2. The zero-order valence-corrected chi connectivity index (χ0v) is 14.1. The van der Waals surface area contributed by atoms with Crippen LogP contribution in [0, 0.1) is 0 Å². The van der Waals surface area contributed by atoms with Crippen LogP contribution in [0.3, 0.4) is 0 Å². The van der Waals surface area contributed by atoms with Gasteiger partial charge in [0.1, 0.15) is 5.01 Å². The van der Waals surface area contributed by atoms with Gasteiger partial charge in [0.2, 0.25) is 5.91 Å². The molecule has 1 amide bonds. The van der Waals surface area contributed by atoms with E-state index >= 15 is 0 Å². The van der Waals surface area contributed by atoms with Gasteiger partial charge in [-0.25, -0.2) is 9.78 Å². The Morgan fingerprint density at radius 2 is 2.43 bits per heavy atom. The van der Waals surface area contributed by atoms with Crippen molar-refractivity contribution in [3.63, 3.8) is 0 Å². The first kappa shape index (κ1) is 17.6. The zero-order valence-electron chi connectivity index (χ0n) is 13.2. The molecule has 2 rings (SSSR count). The smallest absolute Gasteiger partial charge is 0.330 e. The second-order valence-corrected chi connectivity index (χ2v) is 6.36. The number of unbranched alkanes of at least 4 members (excludes halogenated alkanes) is 1. The van der Waals surface area contributed by atoms with E-state index in [2.05, 4.69) is 4.98 Å². The third-order valence-corrected chi connectivity index (χ3v) is 4.52. The van der Waals surface area contributed by atoms with Gasteiger partial charge in [0.05, 0.1) is 31.5 Å². The van der Waals surface area contributed by atoms with E-state index in [1.165, 1.54) is 17.4 Å². The van der Waals surface area contributed by atoms with Crippen molar-refractivity contribution >= 4 is 29.3 Å². The number of likely N-dealkylation sites (tertiary alicyclic amines) is 1. The quantitative estimate of drug-likeness (QED) is 0.445. The number of carbonyl (C=O) groups is 2. The Bertz CT molecular complexity index is 570. The molecule has 1 aliphatic heterocycles. The molecule has 1 aromatic rings. The zero-order chi connectivity index (χ0) is 16.7. The minimum atomic E-state index is -0.372. The second kappa shape index (κ2) is 8.79. The van der Waals surface area contributed by atoms with Gasteiger partial charge in [0.25, 0.3) is 0 Å². The number of aliphatic hydroxyl groups excluding tert-OH is 1. The topological polar surface area (TPSA) is 79.7 Å². The fourth-order valence-corrected chi connectivity index (χ4v) is 3.10. The Morgan fingerprint density at radius 3 is 3.17 bits per heavy atom. The number of thiazole rings is 1. The van der Waals surface area contributed by atoms with Crippen LogP contribution in [0.15, 0.2) is 11.5 Å². The van der Waals surface area contributed by atoms with Gasteiger partial charge in [-0.05, 0) is 18.9 Å². The number of hydrogen-bond acceptors (Lipinski definition) is 6. The van der Waals surface area contributed by atoms with E-state index in [4.69, 9.17) is 4.74 Å². The number of aromatic nitrogens is 1. The summed E-state index contributed by atoms with van der Waals surface area (Å²) < 4.78 is 5.03. The van der Waals surface area contributed by atoms with E-state index in [0.717, 1.165) is 17.8 Å². The molecule has 1 N–H and O–H groups in total. The summed E-state index contributed by atoms with van der Waals surface area (Å²) in [5.41, 5.74) is 0.671. The molecule has 7 heteroatoms. The van der Waals surface area contributed by atoms with Crippen LogP contribution in [0.25, 0.3) is 6.08 Å². The predicted octanol–water partition coefficient (Wildman–Crippen LogP) is 1.98. The Kier molecular flexibility index (Phi) is 6.73. The van der Waals surface area contributed by atoms with E-state index in [0.29, 0.717) is 31.7 Å². The highest BCUT2D eigenvalue weighted by Gasteiger charge is 2.30. The van der Waals surface area contributed by atoms with E-state index in [-0.39, 0.29) is 24.5 Å². The summed E-state index contributed by atoms with van der Waals surface area (Å²) in [6.45, 7) is 2.85. The van der Waals surface area contributed by atoms with Crippen LogP contribution in [0.1, 0.15) is 43.3 Å². The van der Waals surface area contributed by atoms with Crippen molar-refractivity contribution in [3.8, 4) is 0 Å². The molecule has 1 atom stereocenters. The second-order valence-electron chi connectivity index (χ2n) is 5.42. The normalized spacial score (nSPS) is 18.1. The van der Waals surface area contributed by atoms with Gasteiger partial charge in [0, 0.05) is 17.9 Å². The van der Waals surface area contributed by atoms with Crippen LogP contribution >= 0.6 is 11.3 Å². The first-order valence-electron chi connectivity index (χ1n) is 7.83. The average Bonchev–Trinajstić information content (AvgIpc) is 3.13. The van der Waals surface area contributed by atoms with Crippen LogP contribution in [-0.2, 0) is 20.9 Å². The molecule has 0 aromatic carbocycles. The number of carbonyl (C=O) groups excluding carboxylic acids is 2. The molecule has 23 heavy (non-hydrogen) atoms. The highest BCUT2D eigenvalue weighted by Crippen LogP contribution is 2.22. The molecule has 0 radical (unpaired) electrons. The van der Waals surface area contributed by atoms with E-state index in [9.17, 15) is 14.7 Å². The van der Waals surface area contributed by atoms with Crippen LogP contribution in [0.4, 0.5) is 0 Å². The Morgan fingerprint density at radius 1 is 1.61 bits per heavy atom. The van der Waals surface area contributed by atoms with Gasteiger partial charge < -0.3 is 14.7 Å². The Balaban J connectivity index is 1.88. The van der Waals surface area contributed by atoms with Gasteiger partial charge >= 0.3 is 5.97 Å². The lowest BCUT2D eigenvalue weighted by Crippen LogP contribution is -2.34. The third kappa shape index (κ3) is 5.14. The maximum absolute atomic E-state index is 11.8. The summed E-state index contributed by atoms with van der Waals surface area (Å²) in [7, 11) is 0. The first-order valence-corrected chi connectivity index (χ1v) is 8.71. The highest BCUT2D eigenvalue weighted by molar-refractivity contribution is 7.09. The van der Waals surface area contributed by atoms with Gasteiger partial charge in [-0.15, -0.1) is 11.3 Å². The molecule has 2 heterocycles. The fourth-order valence-electron chi connectivity index (χ4n) is 2.34. The lowest BCUT2D eigenvalue weighted by Gasteiger charge is -2.21. The van der Waals surface area contributed by atoms with Gasteiger partial charge in [-0.3, -0.25) is 4.79 Å². The molecule has 0 saturated carbocycles. The number of aliphatic hydroxyl groups is 1. The van der Waals surface area contributed by atoms with Crippen LogP contribution in [0.2, 0.25) is 0 Å². The summed E-state index contributed by atoms with van der Waals surface area (Å²) in [5.74, 6) is -0.320. The van der Waals surface area contributed by atoms with Crippen LogP contribution < -0.4 is 0 Å². The van der Waals surface area contributed by atoms with Crippen LogP contribution in [-0.4, -0.2) is 46.1 Å². The summed E-state index contributed by atoms with van der Waals surface area (Å²) in [5, 5.41) is 11.9. The molecular weight excluding hydrogens is 316 g/mol. The van der Waals surface area contributed by atoms with Crippen molar-refractivity contribution in [1.82, 2.24) is 9.88 Å². The summed E-state index contributed by atoms with van der Waals surface area (Å²) >= 11 is 1.43. The minimum Gasteiger partial charge on any atom is -0.463 e. The lowest BCUT2D eigenvalue weighted by molar-refractivity contribution is -0.137. The maximum atomic E-state index is 11.8. The average molecular weight is 338 g/mol. The van der Waals surface area contributed by atoms with Crippen molar-refractivity contribution in [3.05, 3.63) is 22.2 Å². The molecule has 1 fully saturated rings. The summed E-state index contributed by atoms with van der Waals surface area (Å²) in [6.07, 6.45) is 5.99. The third-order valence-electron chi connectivity index (χ3n) is 3.67. The summed E-state index contributed by atoms with van der Waals surface area (Å²) in [4.78, 5) is 29.4. The van der Waals surface area contributed by atoms with E-state index in [1.54, 1.807) is 11.0 Å². The molecule has 0 spiro atoms. The molecule has 0 aliphatic carbocycles. The standard InChI is InChI=1S/C16H22N2O4S/c1-2-3-8-22-16(21)7-4-12-11-23-14(17-12)9-18-13(10-19)5-6-15(18)20/h4,7,11,13,19H,2-3,5-6,8-10H2,1H3/t13-/m1/s1. The maximum Gasteiger partial charge on any atom is 0.330 e. The van der Waals surface area contributed by atoms with Gasteiger partial charge in [-0.1, -0.05) is 13.3 Å². The molecule has 1 saturated heterocycles. The Hall–Kier alpha value is -1.73. The number of amides is 1. The minimum absolute atomic E-state index is 0.0204. The van der Waals surface area contributed by atoms with Crippen molar-refractivity contribution in [1.29, 1.82) is 0 Å². The fraction of sp³-hybridized carbons (Fsp3) is 0.562. The number of ether oxygens (including phenoxy) is 1. The van der Waals surface area contributed by atoms with Crippen molar-refractivity contribution in [2.24, 2.45) is 0 Å². The molecule has 0 bridgehead atoms. The number of esters is 1. The largest absolute Gasteiger partial charge is 0.463 e. The molecular formula is C16H22N2O4S. The molecule has 126 valence electrons. The van der Waals surface area contributed by atoms with Crippen molar-refractivity contribution < 1.29 is 19.4 Å². The Labute approximate surface area is 139 Å². The number of hydrogen-bond donors (Lipinski definition) is 1. The molecule has 0 unspecified atom stereocenters. The predicted molar refractivity (Wildman–Crippen MR) is 87.7 cm³/mol. The summed E-state index contributed by atoms with van der Waals surface area (Å²) in [6, 6.07) is -0.112. The van der Waals surface area contributed by atoms with Gasteiger partial charge in [-0.2, -0.15) is 0 Å². The molecule has 1 aromatic heterocycles. The first-order chi connectivity index (χ1) is 11.1. The lowest BCUT2D eigenvalue weighted by atomic mass is 10.2. The van der Waals surface area contributed by atoms with Gasteiger partial charge in [0.15, 0.2) is 0 Å². The SMILES string of the molecule is CCCCOC(=O)C=Cc1csc(CN2C(=O)CC[C@@H]2CO)n1. The van der Waals surface area contributed by atoms with Crippen molar-refractivity contribution in [2.75, 3.05) is 13.2 Å². The van der Waals surface area contributed by atoms with Crippen molar-refractivity contribution in [2.45, 2.75) is 45.2 Å². The highest BCUT2D eigenvalue weighted by atomic mass is 32.1. The van der Waals surface area contributed by atoms with Crippen LogP contribution in [0.5, 0.6) is 0 Å².